The van der Waals surface area contributed by atoms with Crippen LogP contribution >= 0.6 is 35.3 Å². The molecule has 2 aromatic rings. The molecule has 3 N–H and O–H groups in total. The van der Waals surface area contributed by atoms with Gasteiger partial charge in [0, 0.05) is 18.0 Å². The van der Waals surface area contributed by atoms with Crippen LogP contribution in [0, 0.1) is 0 Å². The standard InChI is InChI=1S/C23H34N4OS.HI/c1-3-24-22(26-18-23(2,28)21-8-7-15-29-21)25-16-19-9-11-20(12-10-19)17-27-13-5-4-6-14-27;/h7-12,15,28H,3-6,13-14,16-18H2,1-2H3,(H2,24,25,26);1H. The SMILES string of the molecule is CCNC(=NCc1ccc(CN2CCCCC2)cc1)NCC(C)(O)c1cccs1.I. The number of nitrogens with one attached hydrogen (secondary N) is 2. The normalized spacial score (nSPS) is 17.1. The van der Waals surface area contributed by atoms with E-state index in [2.05, 4.69) is 44.8 Å². The van der Waals surface area contributed by atoms with E-state index < -0.39 is 5.60 Å². The first kappa shape index (κ1) is 25.1. The molecule has 0 amide bonds. The van der Waals surface area contributed by atoms with Crippen LogP contribution in [-0.4, -0.2) is 42.1 Å². The van der Waals surface area contributed by atoms with Crippen LogP contribution in [0.25, 0.3) is 0 Å². The highest BCUT2D eigenvalue weighted by Gasteiger charge is 2.24. The molecule has 166 valence electrons. The minimum Gasteiger partial charge on any atom is -0.383 e. The Bertz CT molecular complexity index is 756. The molecule has 0 bridgehead atoms. The topological polar surface area (TPSA) is 59.9 Å². The first-order chi connectivity index (χ1) is 14.1. The van der Waals surface area contributed by atoms with Crippen LogP contribution in [0.2, 0.25) is 0 Å². The van der Waals surface area contributed by atoms with Gasteiger partial charge in [-0.2, -0.15) is 0 Å². The summed E-state index contributed by atoms with van der Waals surface area (Å²) < 4.78 is 0. The molecule has 1 atom stereocenters. The number of hydrogen-bond acceptors (Lipinski definition) is 4. The smallest absolute Gasteiger partial charge is 0.191 e. The van der Waals surface area contributed by atoms with Gasteiger partial charge < -0.3 is 15.7 Å². The highest BCUT2D eigenvalue weighted by molar-refractivity contribution is 14.0. The summed E-state index contributed by atoms with van der Waals surface area (Å²) in [5.74, 6) is 0.724. The summed E-state index contributed by atoms with van der Waals surface area (Å²) in [7, 11) is 0. The second-order valence-corrected chi connectivity index (χ2v) is 8.90. The van der Waals surface area contributed by atoms with E-state index in [9.17, 15) is 5.11 Å². The van der Waals surface area contributed by atoms with Crippen molar-refractivity contribution in [3.63, 3.8) is 0 Å². The fourth-order valence-electron chi connectivity index (χ4n) is 3.57. The molecule has 0 radical (unpaired) electrons. The molecule has 30 heavy (non-hydrogen) atoms. The van der Waals surface area contributed by atoms with Crippen LogP contribution in [0.3, 0.4) is 0 Å². The Morgan fingerprint density at radius 3 is 2.43 bits per heavy atom. The average molecular weight is 543 g/mol. The zero-order valence-electron chi connectivity index (χ0n) is 18.1. The second kappa shape index (κ2) is 12.6. The Morgan fingerprint density at radius 2 is 1.80 bits per heavy atom. The van der Waals surface area contributed by atoms with E-state index in [-0.39, 0.29) is 24.0 Å². The van der Waals surface area contributed by atoms with Gasteiger partial charge in [0.05, 0.1) is 13.1 Å². The largest absolute Gasteiger partial charge is 0.383 e. The summed E-state index contributed by atoms with van der Waals surface area (Å²) in [5.41, 5.74) is 1.65. The number of guanidine groups is 1. The third-order valence-corrected chi connectivity index (χ3v) is 6.42. The number of nitrogens with zero attached hydrogens (tertiary/aromatic N) is 2. The molecule has 1 aromatic heterocycles. The molecule has 1 unspecified atom stereocenters. The van der Waals surface area contributed by atoms with Crippen LogP contribution < -0.4 is 10.6 Å². The summed E-state index contributed by atoms with van der Waals surface area (Å²) >= 11 is 1.56. The summed E-state index contributed by atoms with van der Waals surface area (Å²) in [6.07, 6.45) is 4.02. The quantitative estimate of drug-likeness (QED) is 0.264. The first-order valence-electron chi connectivity index (χ1n) is 10.7. The molecule has 0 spiro atoms. The Morgan fingerprint density at radius 1 is 1.10 bits per heavy atom. The number of aliphatic hydroxyl groups is 1. The lowest BCUT2D eigenvalue weighted by Crippen LogP contribution is -2.44. The van der Waals surface area contributed by atoms with Gasteiger partial charge in [0.2, 0.25) is 0 Å². The predicted octanol–water partition coefficient (Wildman–Crippen LogP) is 4.31. The fourth-order valence-corrected chi connectivity index (χ4v) is 4.35. The highest BCUT2D eigenvalue weighted by atomic mass is 127. The number of rotatable bonds is 8. The third kappa shape index (κ3) is 7.83. The molecule has 1 saturated heterocycles. The lowest BCUT2D eigenvalue weighted by Gasteiger charge is -2.26. The second-order valence-electron chi connectivity index (χ2n) is 7.95. The van der Waals surface area contributed by atoms with Crippen LogP contribution in [-0.2, 0) is 18.7 Å². The average Bonchev–Trinajstić information content (AvgIpc) is 3.28. The number of hydrogen-bond donors (Lipinski definition) is 3. The lowest BCUT2D eigenvalue weighted by atomic mass is 10.1. The Kier molecular flexibility index (Phi) is 10.6. The first-order valence-corrected chi connectivity index (χ1v) is 11.5. The Balaban J connectivity index is 0.00000320. The molecule has 1 aromatic carbocycles. The van der Waals surface area contributed by atoms with E-state index in [1.165, 1.54) is 43.5 Å². The molecule has 7 heteroatoms. The van der Waals surface area contributed by atoms with Gasteiger partial charge >= 0.3 is 0 Å². The monoisotopic (exact) mass is 542 g/mol. The van der Waals surface area contributed by atoms with E-state index in [1.807, 2.05) is 31.4 Å². The summed E-state index contributed by atoms with van der Waals surface area (Å²) in [5, 5.41) is 19.2. The van der Waals surface area contributed by atoms with Gasteiger partial charge in [-0.15, -0.1) is 35.3 Å². The zero-order chi connectivity index (χ0) is 20.5. The van der Waals surface area contributed by atoms with E-state index in [4.69, 9.17) is 0 Å². The number of likely N-dealkylation sites (tertiary alicyclic amines) is 1. The van der Waals surface area contributed by atoms with Crippen LogP contribution in [0.1, 0.15) is 49.1 Å². The van der Waals surface area contributed by atoms with Crippen molar-refractivity contribution in [3.8, 4) is 0 Å². The minimum absolute atomic E-state index is 0. The molecule has 1 aliphatic rings. The Labute approximate surface area is 202 Å². The van der Waals surface area contributed by atoms with Crippen LogP contribution in [0.4, 0.5) is 0 Å². The van der Waals surface area contributed by atoms with Gasteiger partial charge in [0.1, 0.15) is 5.60 Å². The van der Waals surface area contributed by atoms with Crippen molar-refractivity contribution < 1.29 is 5.11 Å². The maximum absolute atomic E-state index is 10.7. The predicted molar refractivity (Wildman–Crippen MR) is 138 cm³/mol. The van der Waals surface area contributed by atoms with Gasteiger partial charge in [-0.1, -0.05) is 36.8 Å². The summed E-state index contributed by atoms with van der Waals surface area (Å²) in [6.45, 7) is 9.17. The van der Waals surface area contributed by atoms with Gasteiger partial charge in [0.15, 0.2) is 5.96 Å². The van der Waals surface area contributed by atoms with Gasteiger partial charge in [-0.3, -0.25) is 4.90 Å². The van der Waals surface area contributed by atoms with E-state index in [0.29, 0.717) is 13.1 Å². The van der Waals surface area contributed by atoms with Crippen molar-refractivity contribution in [1.82, 2.24) is 15.5 Å². The minimum atomic E-state index is -0.916. The van der Waals surface area contributed by atoms with Gasteiger partial charge in [0.25, 0.3) is 0 Å². The molecule has 0 saturated carbocycles. The van der Waals surface area contributed by atoms with Crippen molar-refractivity contribution >= 4 is 41.3 Å². The molecule has 3 rings (SSSR count). The van der Waals surface area contributed by atoms with Crippen LogP contribution in [0.5, 0.6) is 0 Å². The lowest BCUT2D eigenvalue weighted by molar-refractivity contribution is 0.0655. The van der Waals surface area contributed by atoms with Crippen LogP contribution in [0.15, 0.2) is 46.8 Å². The molecular weight excluding hydrogens is 507 g/mol. The van der Waals surface area contributed by atoms with Gasteiger partial charge in [-0.05, 0) is 62.4 Å². The fraction of sp³-hybridized carbons (Fsp3) is 0.522. The van der Waals surface area contributed by atoms with Gasteiger partial charge in [-0.25, -0.2) is 4.99 Å². The maximum Gasteiger partial charge on any atom is 0.191 e. The summed E-state index contributed by atoms with van der Waals surface area (Å²) in [4.78, 5) is 8.18. The number of benzene rings is 1. The molecular formula is C23H35IN4OS. The Hall–Kier alpha value is -1.16. The van der Waals surface area contributed by atoms with Crippen molar-refractivity contribution in [2.24, 2.45) is 4.99 Å². The molecule has 1 aliphatic heterocycles. The highest BCUT2D eigenvalue weighted by Crippen LogP contribution is 2.24. The van der Waals surface area contributed by atoms with E-state index >= 15 is 0 Å². The van der Waals surface area contributed by atoms with Crippen molar-refractivity contribution in [1.29, 1.82) is 0 Å². The number of halogens is 1. The van der Waals surface area contributed by atoms with Crippen molar-refractivity contribution in [2.75, 3.05) is 26.2 Å². The van der Waals surface area contributed by atoms with Crippen molar-refractivity contribution in [3.05, 3.63) is 57.8 Å². The number of piperidine rings is 1. The molecule has 0 aliphatic carbocycles. The zero-order valence-corrected chi connectivity index (χ0v) is 21.2. The maximum atomic E-state index is 10.7. The molecule has 5 nitrogen and oxygen atoms in total. The van der Waals surface area contributed by atoms with Crippen molar-refractivity contribution in [2.45, 2.75) is 51.8 Å². The number of thiophene rings is 1. The summed E-state index contributed by atoms with van der Waals surface area (Å²) in [6, 6.07) is 12.7. The molecule has 1 fully saturated rings. The third-order valence-electron chi connectivity index (χ3n) is 5.29. The van der Waals surface area contributed by atoms with E-state index in [1.54, 1.807) is 11.3 Å². The number of aliphatic imine (C=N–C) groups is 1. The molecule has 2 heterocycles. The van der Waals surface area contributed by atoms with E-state index in [0.717, 1.165) is 23.9 Å².